The first-order chi connectivity index (χ1) is 15.5. The maximum absolute atomic E-state index is 13.4. The van der Waals surface area contributed by atoms with Crippen LogP contribution in [0.15, 0.2) is 67.1 Å². The summed E-state index contributed by atoms with van der Waals surface area (Å²) in [4.78, 5) is 39.4. The van der Waals surface area contributed by atoms with Crippen LogP contribution in [0.5, 0.6) is 0 Å². The lowest BCUT2D eigenvalue weighted by atomic mass is 9.98. The van der Waals surface area contributed by atoms with E-state index in [0.29, 0.717) is 22.1 Å². The lowest BCUT2D eigenvalue weighted by Crippen LogP contribution is -2.22. The van der Waals surface area contributed by atoms with E-state index in [9.17, 15) is 9.59 Å². The number of aromatic amines is 1. The zero-order valence-electron chi connectivity index (χ0n) is 18.0. The molecule has 1 amide bonds. The van der Waals surface area contributed by atoms with Gasteiger partial charge in [-0.25, -0.2) is 4.98 Å². The number of pyridine rings is 1. The molecule has 5 aromatic rings. The smallest absolute Gasteiger partial charge is 0.254 e. The number of imidazole rings is 1. The van der Waals surface area contributed by atoms with E-state index in [1.807, 2.05) is 41.8 Å². The first-order valence-electron chi connectivity index (χ1n) is 10.2. The number of amides is 1. The number of H-pyrrole nitrogens is 1. The zero-order valence-corrected chi connectivity index (χ0v) is 18.0. The van der Waals surface area contributed by atoms with Crippen molar-refractivity contribution in [1.29, 1.82) is 0 Å². The number of hydrogen-bond donors (Lipinski definition) is 1. The molecule has 158 valence electrons. The summed E-state index contributed by atoms with van der Waals surface area (Å²) in [5.74, 6) is 0.560. The van der Waals surface area contributed by atoms with Gasteiger partial charge in [0.05, 0.1) is 11.7 Å². The fourth-order valence-corrected chi connectivity index (χ4v) is 4.08. The Bertz CT molecular complexity index is 1490. The summed E-state index contributed by atoms with van der Waals surface area (Å²) in [5, 5.41) is 0.643. The molecule has 0 saturated carbocycles. The van der Waals surface area contributed by atoms with E-state index in [1.54, 1.807) is 50.9 Å². The van der Waals surface area contributed by atoms with E-state index in [2.05, 4.69) is 15.0 Å². The van der Waals surface area contributed by atoms with Gasteiger partial charge in [-0.3, -0.25) is 19.1 Å². The molecule has 32 heavy (non-hydrogen) atoms. The van der Waals surface area contributed by atoms with Crippen LogP contribution < -0.4 is 0 Å². The molecular weight excluding hydrogens is 402 g/mol. The van der Waals surface area contributed by atoms with Crippen molar-refractivity contribution in [2.75, 3.05) is 14.1 Å². The Morgan fingerprint density at radius 1 is 1.00 bits per heavy atom. The molecule has 2 aromatic carbocycles. The highest BCUT2D eigenvalue weighted by Gasteiger charge is 2.21. The van der Waals surface area contributed by atoms with E-state index >= 15 is 0 Å². The van der Waals surface area contributed by atoms with Crippen molar-refractivity contribution >= 4 is 33.6 Å². The van der Waals surface area contributed by atoms with Gasteiger partial charge >= 0.3 is 0 Å². The molecular formula is C25H21N5O2. The van der Waals surface area contributed by atoms with E-state index in [0.717, 1.165) is 28.1 Å². The lowest BCUT2D eigenvalue weighted by Gasteiger charge is -2.12. The Hall–Kier alpha value is -4.26. The van der Waals surface area contributed by atoms with Crippen molar-refractivity contribution < 1.29 is 9.59 Å². The summed E-state index contributed by atoms with van der Waals surface area (Å²) < 4.78 is 2.03. The average molecular weight is 423 g/mol. The summed E-state index contributed by atoms with van der Waals surface area (Å²) in [6.07, 6.45) is 5.15. The number of ketones is 1. The average Bonchev–Trinajstić information content (AvgIpc) is 3.38. The molecule has 0 saturated heterocycles. The highest BCUT2D eigenvalue weighted by atomic mass is 16.2. The molecule has 7 nitrogen and oxygen atoms in total. The van der Waals surface area contributed by atoms with Crippen molar-refractivity contribution in [3.05, 3.63) is 89.6 Å². The third-order valence-electron chi connectivity index (χ3n) is 5.60. The molecule has 0 aliphatic carbocycles. The number of aryl methyl sites for hydroxylation is 1. The van der Waals surface area contributed by atoms with Gasteiger partial charge in [-0.15, -0.1) is 0 Å². The minimum atomic E-state index is -0.142. The molecule has 3 aromatic heterocycles. The fraction of sp³-hybridized carbons (Fsp3) is 0.120. The zero-order chi connectivity index (χ0) is 22.4. The van der Waals surface area contributed by atoms with Crippen LogP contribution >= 0.6 is 0 Å². The molecule has 0 atom stereocenters. The number of benzene rings is 2. The number of nitrogens with zero attached hydrogens (tertiary/aromatic N) is 4. The third-order valence-corrected chi connectivity index (χ3v) is 5.60. The Balaban J connectivity index is 1.56. The van der Waals surface area contributed by atoms with Gasteiger partial charge in [-0.1, -0.05) is 6.07 Å². The minimum absolute atomic E-state index is 0.141. The van der Waals surface area contributed by atoms with Crippen molar-refractivity contribution in [2.24, 2.45) is 0 Å². The van der Waals surface area contributed by atoms with Gasteiger partial charge in [0, 0.05) is 59.8 Å². The van der Waals surface area contributed by atoms with Gasteiger partial charge < -0.3 is 9.88 Å². The molecule has 1 N–H and O–H groups in total. The molecule has 5 rings (SSSR count). The van der Waals surface area contributed by atoms with Gasteiger partial charge in [-0.2, -0.15) is 0 Å². The number of fused-ring (bicyclic) bond motifs is 2. The first kappa shape index (κ1) is 19.7. The standard InChI is InChI=1S/C25H21N5O2/c1-15-28-21-14-26-12-11-22(21)30(15)17-9-7-16(8-10-17)24(31)19-13-27-20-6-4-5-18(23(19)20)25(32)29(2)3/h4-14,27H,1-3H3. The maximum Gasteiger partial charge on any atom is 0.254 e. The van der Waals surface area contributed by atoms with Gasteiger partial charge in [-0.05, 0) is 49.4 Å². The van der Waals surface area contributed by atoms with Crippen molar-refractivity contribution in [3.63, 3.8) is 0 Å². The molecule has 3 heterocycles. The number of carbonyl (C=O) groups is 2. The largest absolute Gasteiger partial charge is 0.360 e. The lowest BCUT2D eigenvalue weighted by molar-refractivity contribution is 0.0829. The Morgan fingerprint density at radius 3 is 2.53 bits per heavy atom. The van der Waals surface area contributed by atoms with Crippen LogP contribution in [0.2, 0.25) is 0 Å². The molecule has 7 heteroatoms. The summed E-state index contributed by atoms with van der Waals surface area (Å²) in [6.45, 7) is 1.94. The second-order valence-electron chi connectivity index (χ2n) is 7.86. The van der Waals surface area contributed by atoms with Crippen molar-refractivity contribution in [1.82, 2.24) is 24.4 Å². The SMILES string of the molecule is Cc1nc2cnccc2n1-c1ccc(C(=O)c2c[nH]c3cccc(C(=O)N(C)C)c23)cc1. The van der Waals surface area contributed by atoms with Gasteiger partial charge in [0.15, 0.2) is 5.78 Å². The van der Waals surface area contributed by atoms with Crippen LogP contribution in [-0.4, -0.2) is 50.2 Å². The van der Waals surface area contributed by atoms with Crippen LogP contribution in [-0.2, 0) is 0 Å². The second kappa shape index (κ2) is 7.46. The second-order valence-corrected chi connectivity index (χ2v) is 7.86. The third kappa shape index (κ3) is 3.06. The highest BCUT2D eigenvalue weighted by Crippen LogP contribution is 2.27. The summed E-state index contributed by atoms with van der Waals surface area (Å²) in [6, 6.07) is 14.8. The Kier molecular flexibility index (Phi) is 4.59. The summed E-state index contributed by atoms with van der Waals surface area (Å²) >= 11 is 0. The number of aromatic nitrogens is 4. The number of carbonyl (C=O) groups excluding carboxylic acids is 2. The molecule has 0 bridgehead atoms. The Morgan fingerprint density at radius 2 is 1.78 bits per heavy atom. The highest BCUT2D eigenvalue weighted by molar-refractivity contribution is 6.20. The quantitative estimate of drug-likeness (QED) is 0.440. The molecule has 0 radical (unpaired) electrons. The van der Waals surface area contributed by atoms with Crippen LogP contribution in [0.4, 0.5) is 0 Å². The normalized spacial score (nSPS) is 11.2. The van der Waals surface area contributed by atoms with Crippen LogP contribution in [0, 0.1) is 6.92 Å². The number of hydrogen-bond acceptors (Lipinski definition) is 4. The fourth-order valence-electron chi connectivity index (χ4n) is 4.08. The summed E-state index contributed by atoms with van der Waals surface area (Å²) in [7, 11) is 3.40. The number of rotatable bonds is 4. The van der Waals surface area contributed by atoms with E-state index in [4.69, 9.17) is 0 Å². The van der Waals surface area contributed by atoms with Crippen LogP contribution in [0.25, 0.3) is 27.6 Å². The maximum atomic E-state index is 13.4. The van der Waals surface area contributed by atoms with Gasteiger partial charge in [0.25, 0.3) is 5.91 Å². The van der Waals surface area contributed by atoms with E-state index < -0.39 is 0 Å². The number of nitrogens with one attached hydrogen (secondary N) is 1. The molecule has 0 aliphatic rings. The van der Waals surface area contributed by atoms with Gasteiger partial charge in [0.2, 0.25) is 0 Å². The molecule has 0 unspecified atom stereocenters. The topological polar surface area (TPSA) is 83.9 Å². The predicted octanol–water partition coefficient (Wildman–Crippen LogP) is 4.14. The predicted molar refractivity (Wildman–Crippen MR) is 123 cm³/mol. The van der Waals surface area contributed by atoms with Crippen LogP contribution in [0.3, 0.4) is 0 Å². The van der Waals surface area contributed by atoms with Crippen LogP contribution in [0.1, 0.15) is 32.1 Å². The van der Waals surface area contributed by atoms with Crippen molar-refractivity contribution in [2.45, 2.75) is 6.92 Å². The molecule has 0 spiro atoms. The van der Waals surface area contributed by atoms with Crippen molar-refractivity contribution in [3.8, 4) is 5.69 Å². The molecule has 0 fully saturated rings. The summed E-state index contributed by atoms with van der Waals surface area (Å²) in [5.41, 5.74) is 4.98. The monoisotopic (exact) mass is 423 g/mol. The van der Waals surface area contributed by atoms with E-state index in [1.165, 1.54) is 4.90 Å². The van der Waals surface area contributed by atoms with Gasteiger partial charge in [0.1, 0.15) is 11.3 Å². The first-order valence-corrected chi connectivity index (χ1v) is 10.2. The minimum Gasteiger partial charge on any atom is -0.360 e. The van der Waals surface area contributed by atoms with E-state index in [-0.39, 0.29) is 11.7 Å². The molecule has 0 aliphatic heterocycles. The Labute approximate surface area is 184 Å².